The van der Waals surface area contributed by atoms with Gasteiger partial charge in [0.05, 0.1) is 5.75 Å². The van der Waals surface area contributed by atoms with Gasteiger partial charge in [-0.2, -0.15) is 4.31 Å². The Bertz CT molecular complexity index is 1050. The molecule has 0 bridgehead atoms. The molecule has 3 rings (SSSR count). The van der Waals surface area contributed by atoms with E-state index in [4.69, 9.17) is 0 Å². The van der Waals surface area contributed by atoms with Gasteiger partial charge in [-0.3, -0.25) is 0 Å². The topological polar surface area (TPSA) is 92.6 Å². The minimum Gasteiger partial charge on any atom is -0.337 e. The largest absolute Gasteiger partial charge is 0.337 e. The second-order valence-electron chi connectivity index (χ2n) is 6.78. The smallest absolute Gasteiger partial charge is 0.262 e. The maximum atomic E-state index is 13.3. The van der Waals surface area contributed by atoms with Crippen LogP contribution in [0, 0.1) is 12.7 Å². The molecule has 2 heterocycles. The van der Waals surface area contributed by atoms with E-state index in [-0.39, 0.29) is 37.0 Å². The van der Waals surface area contributed by atoms with Crippen molar-refractivity contribution in [3.8, 4) is 0 Å². The van der Waals surface area contributed by atoms with Crippen molar-refractivity contribution in [1.82, 2.24) is 18.2 Å². The van der Waals surface area contributed by atoms with Crippen molar-refractivity contribution in [2.24, 2.45) is 7.05 Å². The summed E-state index contributed by atoms with van der Waals surface area (Å²) in [5.74, 6) is -0.240. The Morgan fingerprint density at radius 2 is 1.75 bits per heavy atom. The Hall–Kier alpha value is -1.82. The van der Waals surface area contributed by atoms with Crippen molar-refractivity contribution in [2.45, 2.75) is 24.1 Å². The number of rotatable bonds is 5. The second-order valence-corrected chi connectivity index (χ2v) is 10.6. The molecular formula is C17H23FN4O4S2. The van der Waals surface area contributed by atoms with Crippen molar-refractivity contribution in [3.05, 3.63) is 47.7 Å². The molecule has 154 valence electrons. The van der Waals surface area contributed by atoms with Crippen LogP contribution < -0.4 is 0 Å². The molecular weight excluding hydrogens is 407 g/mol. The van der Waals surface area contributed by atoms with E-state index in [9.17, 15) is 21.2 Å². The summed E-state index contributed by atoms with van der Waals surface area (Å²) in [6.45, 7) is 2.22. The third-order valence-corrected chi connectivity index (χ3v) is 8.36. The van der Waals surface area contributed by atoms with Gasteiger partial charge in [-0.05, 0) is 31.0 Å². The van der Waals surface area contributed by atoms with Gasteiger partial charge in [-0.25, -0.2) is 30.5 Å². The third kappa shape index (κ3) is 4.43. The summed E-state index contributed by atoms with van der Waals surface area (Å²) in [7, 11) is -5.76. The van der Waals surface area contributed by atoms with Gasteiger partial charge in [0.15, 0.2) is 5.03 Å². The lowest BCUT2D eigenvalue weighted by atomic mass is 10.2. The first-order valence-corrected chi connectivity index (χ1v) is 11.9. The molecule has 1 saturated heterocycles. The minimum absolute atomic E-state index is 0.0384. The number of aromatic nitrogens is 2. The van der Waals surface area contributed by atoms with Crippen molar-refractivity contribution < 1.29 is 21.2 Å². The van der Waals surface area contributed by atoms with Crippen LogP contribution in [-0.4, -0.2) is 61.2 Å². The zero-order valence-corrected chi connectivity index (χ0v) is 17.4. The molecule has 1 aliphatic heterocycles. The summed E-state index contributed by atoms with van der Waals surface area (Å²) in [5.41, 5.74) is 0.359. The van der Waals surface area contributed by atoms with Crippen molar-refractivity contribution >= 4 is 20.0 Å². The van der Waals surface area contributed by atoms with Crippen LogP contribution in [0.5, 0.6) is 0 Å². The molecule has 28 heavy (non-hydrogen) atoms. The van der Waals surface area contributed by atoms with Gasteiger partial charge in [0, 0.05) is 39.4 Å². The predicted molar refractivity (Wildman–Crippen MR) is 102 cm³/mol. The summed E-state index contributed by atoms with van der Waals surface area (Å²) < 4.78 is 68.6. The number of aryl methyl sites for hydroxylation is 2. The Labute approximate surface area is 164 Å². The van der Waals surface area contributed by atoms with Crippen LogP contribution in [-0.2, 0) is 32.8 Å². The summed E-state index contributed by atoms with van der Waals surface area (Å²) >= 11 is 0. The Morgan fingerprint density at radius 3 is 2.39 bits per heavy atom. The zero-order chi connectivity index (χ0) is 20.5. The van der Waals surface area contributed by atoms with Crippen LogP contribution in [0.2, 0.25) is 0 Å². The number of hydrogen-bond donors (Lipinski definition) is 0. The maximum Gasteiger partial charge on any atom is 0.262 e. The number of halogens is 1. The van der Waals surface area contributed by atoms with E-state index in [0.717, 1.165) is 0 Å². The van der Waals surface area contributed by atoms with E-state index in [2.05, 4.69) is 4.98 Å². The van der Waals surface area contributed by atoms with E-state index in [0.29, 0.717) is 17.8 Å². The fourth-order valence-corrected chi connectivity index (χ4v) is 6.15. The fraction of sp³-hybridized carbons (Fsp3) is 0.471. The first kappa shape index (κ1) is 20.9. The second kappa shape index (κ2) is 7.90. The van der Waals surface area contributed by atoms with E-state index in [1.807, 2.05) is 0 Å². The van der Waals surface area contributed by atoms with E-state index < -0.39 is 25.9 Å². The maximum absolute atomic E-state index is 13.3. The first-order valence-electron chi connectivity index (χ1n) is 8.82. The monoisotopic (exact) mass is 430 g/mol. The molecule has 0 aliphatic carbocycles. The quantitative estimate of drug-likeness (QED) is 0.708. The van der Waals surface area contributed by atoms with Gasteiger partial charge in [0.25, 0.3) is 10.0 Å². The number of nitrogens with zero attached hydrogens (tertiary/aromatic N) is 4. The normalized spacial score (nSPS) is 17.5. The average molecular weight is 431 g/mol. The highest BCUT2D eigenvalue weighted by Gasteiger charge is 2.32. The number of imidazole rings is 1. The SMILES string of the molecule is Cc1nc(S(=O)(=O)N2CCCN(S(=O)(=O)Cc3cccc(F)c3)CC2)cn1C. The molecule has 0 unspecified atom stereocenters. The Morgan fingerprint density at radius 1 is 1.07 bits per heavy atom. The molecule has 11 heteroatoms. The van der Waals surface area contributed by atoms with E-state index in [1.165, 1.54) is 33.0 Å². The first-order chi connectivity index (χ1) is 13.1. The van der Waals surface area contributed by atoms with Crippen LogP contribution in [0.3, 0.4) is 0 Å². The summed E-state index contributed by atoms with van der Waals surface area (Å²) in [6, 6.07) is 5.46. The van der Waals surface area contributed by atoms with Crippen LogP contribution in [0.15, 0.2) is 35.5 Å². The molecule has 1 fully saturated rings. The molecule has 2 aromatic rings. The van der Waals surface area contributed by atoms with Crippen molar-refractivity contribution in [2.75, 3.05) is 26.2 Å². The number of benzene rings is 1. The molecule has 1 aromatic carbocycles. The predicted octanol–water partition coefficient (Wildman–Crippen LogP) is 1.09. The lowest BCUT2D eigenvalue weighted by Gasteiger charge is -2.21. The molecule has 8 nitrogen and oxygen atoms in total. The van der Waals surface area contributed by atoms with Crippen LogP contribution >= 0.6 is 0 Å². The number of hydrogen-bond acceptors (Lipinski definition) is 5. The minimum atomic E-state index is -3.79. The van der Waals surface area contributed by atoms with Gasteiger partial charge in [0.1, 0.15) is 11.6 Å². The zero-order valence-electron chi connectivity index (χ0n) is 15.7. The fourth-order valence-electron chi connectivity index (χ4n) is 3.10. The lowest BCUT2D eigenvalue weighted by Crippen LogP contribution is -2.38. The van der Waals surface area contributed by atoms with Crippen LogP contribution in [0.4, 0.5) is 4.39 Å². The summed E-state index contributed by atoms with van der Waals surface area (Å²) in [6.07, 6.45) is 1.82. The standard InChI is InChI=1S/C17H23FN4O4S2/c1-14-19-17(12-20(14)2)28(25,26)22-8-4-7-21(9-10-22)27(23,24)13-15-5-3-6-16(18)11-15/h3,5-6,11-12H,4,7-10,13H2,1-2H3. The van der Waals surface area contributed by atoms with Gasteiger partial charge in [0.2, 0.25) is 10.0 Å². The van der Waals surface area contributed by atoms with Gasteiger partial charge >= 0.3 is 0 Å². The molecule has 0 amide bonds. The van der Waals surface area contributed by atoms with Crippen molar-refractivity contribution in [1.29, 1.82) is 0 Å². The molecule has 0 saturated carbocycles. The van der Waals surface area contributed by atoms with Crippen molar-refractivity contribution in [3.63, 3.8) is 0 Å². The molecule has 0 spiro atoms. The Kier molecular flexibility index (Phi) is 5.89. The van der Waals surface area contributed by atoms with E-state index >= 15 is 0 Å². The van der Waals surface area contributed by atoms with Crippen LogP contribution in [0.1, 0.15) is 17.8 Å². The highest BCUT2D eigenvalue weighted by molar-refractivity contribution is 7.89. The van der Waals surface area contributed by atoms with Gasteiger partial charge in [-0.15, -0.1) is 0 Å². The highest BCUT2D eigenvalue weighted by atomic mass is 32.2. The molecule has 0 atom stereocenters. The number of sulfonamides is 2. The molecule has 1 aromatic heterocycles. The van der Waals surface area contributed by atoms with Crippen LogP contribution in [0.25, 0.3) is 0 Å². The summed E-state index contributed by atoms with van der Waals surface area (Å²) in [4.78, 5) is 4.09. The summed E-state index contributed by atoms with van der Waals surface area (Å²) in [5, 5.41) is -0.0384. The lowest BCUT2D eigenvalue weighted by molar-refractivity contribution is 0.403. The van der Waals surface area contributed by atoms with Gasteiger partial charge < -0.3 is 4.57 Å². The molecule has 0 N–H and O–H groups in total. The van der Waals surface area contributed by atoms with E-state index in [1.54, 1.807) is 24.6 Å². The molecule has 1 aliphatic rings. The Balaban J connectivity index is 1.73. The third-order valence-electron chi connectivity index (χ3n) is 4.74. The average Bonchev–Trinajstić information content (AvgIpc) is 2.83. The highest BCUT2D eigenvalue weighted by Crippen LogP contribution is 2.19. The molecule has 0 radical (unpaired) electrons. The van der Waals surface area contributed by atoms with Gasteiger partial charge in [-0.1, -0.05) is 12.1 Å².